The van der Waals surface area contributed by atoms with Crippen molar-refractivity contribution in [3.8, 4) is 0 Å². The van der Waals surface area contributed by atoms with Gasteiger partial charge in [0, 0.05) is 6.04 Å². The number of hydrogen-bond acceptors (Lipinski definition) is 2. The van der Waals surface area contributed by atoms with E-state index in [-0.39, 0.29) is 0 Å². The lowest BCUT2D eigenvalue weighted by atomic mass is 9.98. The van der Waals surface area contributed by atoms with Gasteiger partial charge in [-0.1, -0.05) is 42.5 Å². The van der Waals surface area contributed by atoms with Crippen LogP contribution < -0.4 is 5.32 Å². The van der Waals surface area contributed by atoms with Crippen LogP contribution >= 0.6 is 11.3 Å². The molecule has 0 saturated carbocycles. The monoisotopic (exact) mass is 295 g/mol. The first-order chi connectivity index (χ1) is 10.3. The molecular weight excluding hydrogens is 274 g/mol. The molecule has 2 aromatic carbocycles. The molecule has 108 valence electrons. The molecule has 0 aliphatic carbocycles. The molecule has 21 heavy (non-hydrogen) atoms. The predicted octanol–water partition coefficient (Wildman–Crippen LogP) is 4.66. The summed E-state index contributed by atoms with van der Waals surface area (Å²) in [7, 11) is 2.07. The Hall–Kier alpha value is -1.64. The highest BCUT2D eigenvalue weighted by molar-refractivity contribution is 7.07. The second-order valence-electron chi connectivity index (χ2n) is 5.54. The van der Waals surface area contributed by atoms with E-state index in [9.17, 15) is 0 Å². The third kappa shape index (κ3) is 3.72. The molecule has 0 bridgehead atoms. The fourth-order valence-electron chi connectivity index (χ4n) is 2.77. The van der Waals surface area contributed by atoms with Gasteiger partial charge < -0.3 is 5.32 Å². The zero-order chi connectivity index (χ0) is 14.5. The first-order valence-electron chi connectivity index (χ1n) is 7.51. The highest BCUT2D eigenvalue weighted by Gasteiger charge is 2.08. The summed E-state index contributed by atoms with van der Waals surface area (Å²) in [5, 5.41) is 10.5. The number of aryl methyl sites for hydroxylation is 1. The molecule has 1 atom stereocenters. The van der Waals surface area contributed by atoms with Crippen molar-refractivity contribution < 1.29 is 0 Å². The Labute approximate surface area is 130 Å². The zero-order valence-electron chi connectivity index (χ0n) is 12.4. The predicted molar refractivity (Wildman–Crippen MR) is 93.1 cm³/mol. The van der Waals surface area contributed by atoms with Gasteiger partial charge in [-0.25, -0.2) is 0 Å². The normalized spacial score (nSPS) is 12.6. The van der Waals surface area contributed by atoms with Crippen molar-refractivity contribution in [2.45, 2.75) is 25.3 Å². The summed E-state index contributed by atoms with van der Waals surface area (Å²) >= 11 is 1.78. The van der Waals surface area contributed by atoms with Crippen molar-refractivity contribution in [3.05, 3.63) is 70.4 Å². The van der Waals surface area contributed by atoms with Crippen LogP contribution in [0.15, 0.2) is 59.3 Å². The Balaban J connectivity index is 1.67. The van der Waals surface area contributed by atoms with E-state index >= 15 is 0 Å². The minimum Gasteiger partial charge on any atom is -0.317 e. The van der Waals surface area contributed by atoms with E-state index in [0.29, 0.717) is 6.04 Å². The van der Waals surface area contributed by atoms with Gasteiger partial charge in [0.15, 0.2) is 0 Å². The Kier molecular flexibility index (Phi) is 4.69. The number of hydrogen-bond donors (Lipinski definition) is 1. The summed E-state index contributed by atoms with van der Waals surface area (Å²) < 4.78 is 0. The van der Waals surface area contributed by atoms with Crippen LogP contribution in [0, 0.1) is 0 Å². The minimum atomic E-state index is 0.533. The topological polar surface area (TPSA) is 12.0 Å². The van der Waals surface area contributed by atoms with Crippen LogP contribution in [0.5, 0.6) is 0 Å². The molecule has 1 N–H and O–H groups in total. The summed E-state index contributed by atoms with van der Waals surface area (Å²) in [5.41, 5.74) is 2.87. The van der Waals surface area contributed by atoms with Crippen molar-refractivity contribution in [2.75, 3.05) is 7.05 Å². The molecule has 0 aliphatic rings. The van der Waals surface area contributed by atoms with Crippen LogP contribution in [0.3, 0.4) is 0 Å². The van der Waals surface area contributed by atoms with Gasteiger partial charge in [-0.05, 0) is 65.0 Å². The summed E-state index contributed by atoms with van der Waals surface area (Å²) in [4.78, 5) is 0. The summed E-state index contributed by atoms with van der Waals surface area (Å²) in [6.45, 7) is 0. The van der Waals surface area contributed by atoms with Crippen LogP contribution in [0.2, 0.25) is 0 Å². The standard InChI is InChI=1S/C19H21NS/c1-20-19(9-7-15-10-11-21-14-15)13-16-6-8-17-4-2-3-5-18(17)12-16/h2-6,8,10-12,14,19-20H,7,9,13H2,1H3. The second kappa shape index (κ2) is 6.88. The molecular formula is C19H21NS. The highest BCUT2D eigenvalue weighted by atomic mass is 32.1. The van der Waals surface area contributed by atoms with Crippen molar-refractivity contribution in [3.63, 3.8) is 0 Å². The molecule has 1 aromatic heterocycles. The fraction of sp³-hybridized carbons (Fsp3) is 0.263. The summed E-state index contributed by atoms with van der Waals surface area (Å²) in [6, 6.07) is 18.2. The maximum atomic E-state index is 3.46. The van der Waals surface area contributed by atoms with E-state index < -0.39 is 0 Å². The molecule has 0 amide bonds. The molecule has 0 aliphatic heterocycles. The van der Waals surface area contributed by atoms with E-state index in [1.54, 1.807) is 11.3 Å². The number of fused-ring (bicyclic) bond motifs is 1. The number of thiophene rings is 1. The van der Waals surface area contributed by atoms with Crippen LogP contribution in [-0.2, 0) is 12.8 Å². The SMILES string of the molecule is CNC(CCc1ccsc1)Cc1ccc2ccccc2c1. The molecule has 0 saturated heterocycles. The van der Waals surface area contributed by atoms with Crippen LogP contribution in [-0.4, -0.2) is 13.1 Å². The Morgan fingerprint density at radius 2 is 1.86 bits per heavy atom. The average molecular weight is 295 g/mol. The van der Waals surface area contributed by atoms with Crippen molar-refractivity contribution in [2.24, 2.45) is 0 Å². The van der Waals surface area contributed by atoms with Crippen molar-refractivity contribution >= 4 is 22.1 Å². The average Bonchev–Trinajstić information content (AvgIpc) is 3.04. The van der Waals surface area contributed by atoms with Gasteiger partial charge in [0.2, 0.25) is 0 Å². The fourth-order valence-corrected chi connectivity index (χ4v) is 3.48. The van der Waals surface area contributed by atoms with Crippen molar-refractivity contribution in [1.82, 2.24) is 5.32 Å². The largest absolute Gasteiger partial charge is 0.317 e. The van der Waals surface area contributed by atoms with E-state index in [1.807, 2.05) is 0 Å². The van der Waals surface area contributed by atoms with E-state index in [2.05, 4.69) is 71.7 Å². The quantitative estimate of drug-likeness (QED) is 0.697. The van der Waals surface area contributed by atoms with Gasteiger partial charge in [0.05, 0.1) is 0 Å². The van der Waals surface area contributed by atoms with Crippen LogP contribution in [0.25, 0.3) is 10.8 Å². The van der Waals surface area contributed by atoms with Gasteiger partial charge in [0.1, 0.15) is 0 Å². The number of likely N-dealkylation sites (N-methyl/N-ethyl adjacent to an activating group) is 1. The Morgan fingerprint density at radius 3 is 2.62 bits per heavy atom. The van der Waals surface area contributed by atoms with Gasteiger partial charge in [-0.15, -0.1) is 0 Å². The first kappa shape index (κ1) is 14.3. The lowest BCUT2D eigenvalue weighted by molar-refractivity contribution is 0.520. The second-order valence-corrected chi connectivity index (χ2v) is 6.32. The maximum absolute atomic E-state index is 3.46. The third-order valence-corrected chi connectivity index (χ3v) is 4.80. The zero-order valence-corrected chi connectivity index (χ0v) is 13.2. The lowest BCUT2D eigenvalue weighted by Crippen LogP contribution is -2.28. The number of nitrogens with one attached hydrogen (secondary N) is 1. The molecule has 0 spiro atoms. The van der Waals surface area contributed by atoms with E-state index in [4.69, 9.17) is 0 Å². The maximum Gasteiger partial charge on any atom is 0.0108 e. The highest BCUT2D eigenvalue weighted by Crippen LogP contribution is 2.18. The molecule has 0 radical (unpaired) electrons. The Bertz CT molecular complexity index is 688. The number of benzene rings is 2. The van der Waals surface area contributed by atoms with Crippen LogP contribution in [0.1, 0.15) is 17.5 Å². The molecule has 1 unspecified atom stereocenters. The lowest BCUT2D eigenvalue weighted by Gasteiger charge is -2.16. The molecule has 1 heterocycles. The summed E-state index contributed by atoms with van der Waals surface area (Å²) in [6.07, 6.45) is 3.42. The van der Waals surface area contributed by atoms with Gasteiger partial charge in [-0.2, -0.15) is 11.3 Å². The molecule has 3 rings (SSSR count). The molecule has 2 heteroatoms. The minimum absolute atomic E-state index is 0.533. The molecule has 0 fully saturated rings. The smallest absolute Gasteiger partial charge is 0.0108 e. The molecule has 3 aromatic rings. The van der Waals surface area contributed by atoms with Crippen LogP contribution in [0.4, 0.5) is 0 Å². The number of rotatable bonds is 6. The first-order valence-corrected chi connectivity index (χ1v) is 8.45. The van der Waals surface area contributed by atoms with Gasteiger partial charge in [0.25, 0.3) is 0 Å². The Morgan fingerprint density at radius 1 is 1.00 bits per heavy atom. The van der Waals surface area contributed by atoms with Gasteiger partial charge in [-0.3, -0.25) is 0 Å². The van der Waals surface area contributed by atoms with Gasteiger partial charge >= 0.3 is 0 Å². The summed E-state index contributed by atoms with van der Waals surface area (Å²) in [5.74, 6) is 0. The van der Waals surface area contributed by atoms with E-state index in [0.717, 1.165) is 12.8 Å². The molecule has 1 nitrogen and oxygen atoms in total. The van der Waals surface area contributed by atoms with Crippen molar-refractivity contribution in [1.29, 1.82) is 0 Å². The van der Waals surface area contributed by atoms with E-state index in [1.165, 1.54) is 28.3 Å². The third-order valence-electron chi connectivity index (χ3n) is 4.07.